The molecule has 0 unspecified atom stereocenters. The maximum atomic E-state index is 10.5. The maximum absolute atomic E-state index is 10.5. The zero-order valence-corrected chi connectivity index (χ0v) is 7.32. The second-order valence-electron chi connectivity index (χ2n) is 2.54. The summed E-state index contributed by atoms with van der Waals surface area (Å²) >= 11 is 0. The summed E-state index contributed by atoms with van der Waals surface area (Å²) in [4.78, 5) is 15.0. The average molecular weight is 181 g/mol. The van der Waals surface area contributed by atoms with Gasteiger partial charge in [0.1, 0.15) is 12.4 Å². The average Bonchev–Trinajstić information content (AvgIpc) is 2.15. The molecular formula is C9H11NO3. The van der Waals surface area contributed by atoms with E-state index in [9.17, 15) is 4.79 Å². The van der Waals surface area contributed by atoms with Gasteiger partial charge >= 0.3 is 5.97 Å². The lowest BCUT2D eigenvalue weighted by Gasteiger charge is -2.02. The number of carbonyl (C=O) groups excluding carboxylic acids is 1. The lowest BCUT2D eigenvalue weighted by Crippen LogP contribution is -2.02. The highest BCUT2D eigenvalue weighted by Crippen LogP contribution is 2.11. The van der Waals surface area contributed by atoms with Gasteiger partial charge in [-0.3, -0.25) is 4.79 Å². The summed E-state index contributed by atoms with van der Waals surface area (Å²) in [5, 5.41) is 0. The Morgan fingerprint density at radius 1 is 1.38 bits per heavy atom. The van der Waals surface area contributed by atoms with Gasteiger partial charge in [0, 0.05) is 6.92 Å². The van der Waals surface area contributed by atoms with Gasteiger partial charge in [-0.25, -0.2) is 0 Å². The number of ether oxygens (including phenoxy) is 1. The van der Waals surface area contributed by atoms with Crippen molar-refractivity contribution < 1.29 is 14.4 Å². The first-order chi connectivity index (χ1) is 6.22. The van der Waals surface area contributed by atoms with Gasteiger partial charge < -0.3 is 9.57 Å². The van der Waals surface area contributed by atoms with Crippen LogP contribution in [0.2, 0.25) is 0 Å². The number of esters is 1. The summed E-state index contributed by atoms with van der Waals surface area (Å²) in [5.41, 5.74) is 0.899. The van der Waals surface area contributed by atoms with Crippen LogP contribution in [0.25, 0.3) is 0 Å². The van der Waals surface area contributed by atoms with Gasteiger partial charge in [0.05, 0.1) is 0 Å². The molecule has 4 heteroatoms. The Bertz CT molecular complexity index is 281. The first-order valence-electron chi connectivity index (χ1n) is 3.81. The van der Waals surface area contributed by atoms with Crippen LogP contribution in [0.1, 0.15) is 12.5 Å². The van der Waals surface area contributed by atoms with Gasteiger partial charge in [-0.05, 0) is 17.7 Å². The van der Waals surface area contributed by atoms with Gasteiger partial charge in [-0.2, -0.15) is 5.90 Å². The van der Waals surface area contributed by atoms with E-state index in [-0.39, 0.29) is 12.6 Å². The molecule has 0 amide bonds. The van der Waals surface area contributed by atoms with Crippen molar-refractivity contribution in [3.63, 3.8) is 0 Å². The topological polar surface area (TPSA) is 61.5 Å². The second kappa shape index (κ2) is 4.47. The zero-order valence-electron chi connectivity index (χ0n) is 7.32. The second-order valence-corrected chi connectivity index (χ2v) is 2.54. The molecule has 0 heterocycles. The van der Waals surface area contributed by atoms with Crippen molar-refractivity contribution in [3.8, 4) is 5.75 Å². The smallest absolute Gasteiger partial charge is 0.302 e. The molecule has 13 heavy (non-hydrogen) atoms. The van der Waals surface area contributed by atoms with Crippen LogP contribution in [0.4, 0.5) is 0 Å². The van der Waals surface area contributed by atoms with Crippen molar-refractivity contribution in [2.75, 3.05) is 0 Å². The quantitative estimate of drug-likeness (QED) is 0.558. The molecule has 1 aromatic carbocycles. The van der Waals surface area contributed by atoms with Gasteiger partial charge in [0.15, 0.2) is 0 Å². The molecule has 0 saturated carbocycles. The SMILES string of the molecule is CC(=O)OCc1ccc(ON)cc1. The minimum atomic E-state index is -0.292. The molecule has 2 N–H and O–H groups in total. The summed E-state index contributed by atoms with van der Waals surface area (Å²) in [7, 11) is 0. The lowest BCUT2D eigenvalue weighted by atomic mass is 10.2. The fraction of sp³-hybridized carbons (Fsp3) is 0.222. The molecular weight excluding hydrogens is 170 g/mol. The van der Waals surface area contributed by atoms with Crippen LogP contribution in [0.3, 0.4) is 0 Å². The third-order valence-electron chi connectivity index (χ3n) is 1.50. The Balaban J connectivity index is 2.54. The molecule has 0 aliphatic rings. The molecule has 0 aliphatic heterocycles. The van der Waals surface area contributed by atoms with Crippen molar-refractivity contribution in [3.05, 3.63) is 29.8 Å². The summed E-state index contributed by atoms with van der Waals surface area (Å²) in [5.74, 6) is 5.22. The third-order valence-corrected chi connectivity index (χ3v) is 1.50. The maximum Gasteiger partial charge on any atom is 0.302 e. The van der Waals surface area contributed by atoms with Crippen LogP contribution in [0.15, 0.2) is 24.3 Å². The van der Waals surface area contributed by atoms with Gasteiger partial charge in [-0.1, -0.05) is 12.1 Å². The van der Waals surface area contributed by atoms with E-state index in [2.05, 4.69) is 4.84 Å². The Kier molecular flexibility index (Phi) is 3.28. The molecule has 0 aromatic heterocycles. The van der Waals surface area contributed by atoms with E-state index in [1.165, 1.54) is 6.92 Å². The van der Waals surface area contributed by atoms with E-state index in [0.29, 0.717) is 5.75 Å². The molecule has 0 bridgehead atoms. The van der Waals surface area contributed by atoms with Gasteiger partial charge in [0.25, 0.3) is 0 Å². The molecule has 70 valence electrons. The Labute approximate surface area is 76.2 Å². The fourth-order valence-electron chi connectivity index (χ4n) is 0.849. The highest BCUT2D eigenvalue weighted by Gasteiger charge is 1.96. The van der Waals surface area contributed by atoms with Crippen molar-refractivity contribution in [1.82, 2.24) is 0 Å². The number of hydrogen-bond acceptors (Lipinski definition) is 4. The van der Waals surface area contributed by atoms with Gasteiger partial charge in [0.2, 0.25) is 0 Å². The minimum absolute atomic E-state index is 0.278. The largest absolute Gasteiger partial charge is 0.461 e. The van der Waals surface area contributed by atoms with Crippen LogP contribution >= 0.6 is 0 Å². The Hall–Kier alpha value is -1.55. The van der Waals surface area contributed by atoms with Gasteiger partial charge in [-0.15, -0.1) is 0 Å². The van der Waals surface area contributed by atoms with E-state index in [0.717, 1.165) is 5.56 Å². The first kappa shape index (κ1) is 9.54. The molecule has 0 atom stereocenters. The predicted octanol–water partition coefficient (Wildman–Crippen LogP) is 1.00. The number of benzene rings is 1. The Morgan fingerprint density at radius 3 is 2.46 bits per heavy atom. The molecule has 0 radical (unpaired) electrons. The monoisotopic (exact) mass is 181 g/mol. The van der Waals surface area contributed by atoms with Crippen LogP contribution in [0, 0.1) is 0 Å². The standard InChI is InChI=1S/C9H11NO3/c1-7(11)12-6-8-2-4-9(13-10)5-3-8/h2-5H,6,10H2,1H3. The molecule has 1 aromatic rings. The predicted molar refractivity (Wildman–Crippen MR) is 46.7 cm³/mol. The molecule has 4 nitrogen and oxygen atoms in total. The lowest BCUT2D eigenvalue weighted by molar-refractivity contribution is -0.142. The van der Waals surface area contributed by atoms with Crippen LogP contribution < -0.4 is 10.7 Å². The van der Waals surface area contributed by atoms with Crippen LogP contribution in [-0.2, 0) is 16.1 Å². The summed E-state index contributed by atoms with van der Waals surface area (Å²) < 4.78 is 4.79. The first-order valence-corrected chi connectivity index (χ1v) is 3.81. The van der Waals surface area contributed by atoms with Crippen molar-refractivity contribution in [1.29, 1.82) is 0 Å². The molecule has 0 saturated heterocycles. The van der Waals surface area contributed by atoms with E-state index in [4.69, 9.17) is 10.6 Å². The van der Waals surface area contributed by atoms with E-state index in [1.54, 1.807) is 24.3 Å². The molecule has 0 aliphatic carbocycles. The third kappa shape index (κ3) is 3.13. The molecule has 1 rings (SSSR count). The molecule has 0 fully saturated rings. The van der Waals surface area contributed by atoms with Crippen molar-refractivity contribution in [2.45, 2.75) is 13.5 Å². The van der Waals surface area contributed by atoms with Crippen LogP contribution in [-0.4, -0.2) is 5.97 Å². The number of nitrogens with two attached hydrogens (primary N) is 1. The van der Waals surface area contributed by atoms with Crippen molar-refractivity contribution in [2.24, 2.45) is 5.90 Å². The number of rotatable bonds is 3. The fourth-order valence-corrected chi connectivity index (χ4v) is 0.849. The zero-order chi connectivity index (χ0) is 9.68. The van der Waals surface area contributed by atoms with E-state index >= 15 is 0 Å². The normalized spacial score (nSPS) is 9.38. The summed E-state index contributed by atoms with van der Waals surface area (Å²) in [6, 6.07) is 6.98. The van der Waals surface area contributed by atoms with Crippen molar-refractivity contribution >= 4 is 5.97 Å². The van der Waals surface area contributed by atoms with E-state index < -0.39 is 0 Å². The van der Waals surface area contributed by atoms with E-state index in [1.807, 2.05) is 0 Å². The summed E-state index contributed by atoms with van der Waals surface area (Å²) in [6.07, 6.45) is 0. The molecule has 0 spiro atoms. The minimum Gasteiger partial charge on any atom is -0.461 e. The number of carbonyl (C=O) groups is 1. The Morgan fingerprint density at radius 2 is 2.00 bits per heavy atom. The number of hydrogen-bond donors (Lipinski definition) is 1. The highest BCUT2D eigenvalue weighted by molar-refractivity contribution is 5.65. The van der Waals surface area contributed by atoms with Crippen LogP contribution in [0.5, 0.6) is 5.75 Å². The highest BCUT2D eigenvalue weighted by atomic mass is 16.6. The summed E-state index contributed by atoms with van der Waals surface area (Å²) in [6.45, 7) is 1.65.